The molecule has 0 aromatic carbocycles. The standard InChI is InChI=1S/C25H42F2O3/c1-5-7-8-9-22-15-12-21(17-30-22)20-10-13-23(14-11-20)29-16-19(6-2)25(27)24(26)18(3)28-4/h20-23H,5-17H2,1-4H3/b24-18-,25-19-. The van der Waals surface area contributed by atoms with E-state index in [2.05, 4.69) is 6.92 Å². The maximum absolute atomic E-state index is 14.4. The van der Waals surface area contributed by atoms with Crippen LogP contribution in [0.15, 0.2) is 23.0 Å². The molecule has 0 amide bonds. The predicted octanol–water partition coefficient (Wildman–Crippen LogP) is 7.42. The highest BCUT2D eigenvalue weighted by atomic mass is 19.2. The number of allylic oxidation sites excluding steroid dienone is 3. The van der Waals surface area contributed by atoms with Crippen LogP contribution in [0.5, 0.6) is 0 Å². The summed E-state index contributed by atoms with van der Waals surface area (Å²) in [6, 6.07) is 0. The molecule has 0 aromatic heterocycles. The summed E-state index contributed by atoms with van der Waals surface area (Å²) in [7, 11) is 1.34. The lowest BCUT2D eigenvalue weighted by Gasteiger charge is -2.38. The lowest BCUT2D eigenvalue weighted by molar-refractivity contribution is -0.0509. The summed E-state index contributed by atoms with van der Waals surface area (Å²) in [5.74, 6) is -0.413. The number of halogens is 2. The van der Waals surface area contributed by atoms with Gasteiger partial charge in [-0.1, -0.05) is 33.1 Å². The van der Waals surface area contributed by atoms with Crippen LogP contribution >= 0.6 is 0 Å². The minimum absolute atomic E-state index is 0.0405. The largest absolute Gasteiger partial charge is 0.498 e. The number of unbranched alkanes of at least 4 members (excludes halogenated alkanes) is 2. The Hall–Kier alpha value is -0.940. The van der Waals surface area contributed by atoms with Crippen molar-refractivity contribution in [3.63, 3.8) is 0 Å². The fourth-order valence-electron chi connectivity index (χ4n) is 4.71. The Morgan fingerprint density at radius 3 is 2.20 bits per heavy atom. The molecule has 2 aliphatic rings. The molecule has 1 saturated heterocycles. The smallest absolute Gasteiger partial charge is 0.196 e. The van der Waals surface area contributed by atoms with Gasteiger partial charge >= 0.3 is 0 Å². The van der Waals surface area contributed by atoms with Crippen molar-refractivity contribution in [1.82, 2.24) is 0 Å². The molecule has 0 aromatic rings. The minimum Gasteiger partial charge on any atom is -0.498 e. The van der Waals surface area contributed by atoms with Gasteiger partial charge in [0.05, 0.1) is 32.5 Å². The summed E-state index contributed by atoms with van der Waals surface area (Å²) in [4.78, 5) is 0. The van der Waals surface area contributed by atoms with Crippen molar-refractivity contribution in [1.29, 1.82) is 0 Å². The van der Waals surface area contributed by atoms with Crippen molar-refractivity contribution >= 4 is 0 Å². The summed E-state index contributed by atoms with van der Waals surface area (Å²) in [5.41, 5.74) is 0.362. The van der Waals surface area contributed by atoms with E-state index >= 15 is 0 Å². The first kappa shape index (κ1) is 25.3. The van der Waals surface area contributed by atoms with Gasteiger partial charge in [0.2, 0.25) is 0 Å². The summed E-state index contributed by atoms with van der Waals surface area (Å²) in [5, 5.41) is 0. The third kappa shape index (κ3) is 7.64. The molecule has 0 N–H and O–H groups in total. The van der Waals surface area contributed by atoms with Crippen LogP contribution in [-0.4, -0.2) is 32.5 Å². The zero-order valence-electron chi connectivity index (χ0n) is 19.5. The van der Waals surface area contributed by atoms with E-state index in [9.17, 15) is 8.78 Å². The molecular formula is C25H42F2O3. The molecule has 5 heteroatoms. The fourth-order valence-corrected chi connectivity index (χ4v) is 4.71. The van der Waals surface area contributed by atoms with Crippen LogP contribution in [0.2, 0.25) is 0 Å². The highest BCUT2D eigenvalue weighted by Gasteiger charge is 2.31. The van der Waals surface area contributed by atoms with Gasteiger partial charge in [-0.15, -0.1) is 0 Å². The van der Waals surface area contributed by atoms with Gasteiger partial charge in [0.1, 0.15) is 5.76 Å². The van der Waals surface area contributed by atoms with E-state index in [0.717, 1.165) is 32.3 Å². The van der Waals surface area contributed by atoms with Crippen molar-refractivity contribution in [2.24, 2.45) is 11.8 Å². The second-order valence-electron chi connectivity index (χ2n) is 8.98. The van der Waals surface area contributed by atoms with Crippen molar-refractivity contribution in [2.45, 2.75) is 104 Å². The molecule has 0 spiro atoms. The third-order valence-corrected chi connectivity index (χ3v) is 6.96. The lowest BCUT2D eigenvalue weighted by atomic mass is 9.76. The number of rotatable bonds is 11. The molecule has 0 bridgehead atoms. The number of hydrogen-bond acceptors (Lipinski definition) is 3. The molecule has 1 aliphatic heterocycles. The zero-order chi connectivity index (χ0) is 21.9. The van der Waals surface area contributed by atoms with Gasteiger partial charge in [-0.05, 0) is 75.7 Å². The Bertz CT molecular complexity index is 557. The topological polar surface area (TPSA) is 27.7 Å². The molecule has 0 radical (unpaired) electrons. The first-order valence-electron chi connectivity index (χ1n) is 12.0. The summed E-state index contributed by atoms with van der Waals surface area (Å²) in [6.45, 7) is 6.54. The maximum atomic E-state index is 14.4. The van der Waals surface area contributed by atoms with Crippen molar-refractivity contribution in [3.8, 4) is 0 Å². The Morgan fingerprint density at radius 1 is 0.933 bits per heavy atom. The fraction of sp³-hybridized carbons (Fsp3) is 0.840. The van der Waals surface area contributed by atoms with Gasteiger partial charge in [-0.25, -0.2) is 8.78 Å². The first-order chi connectivity index (χ1) is 14.5. The predicted molar refractivity (Wildman–Crippen MR) is 118 cm³/mol. The highest BCUT2D eigenvalue weighted by molar-refractivity contribution is 5.27. The molecule has 3 nitrogen and oxygen atoms in total. The summed E-state index contributed by atoms with van der Waals surface area (Å²) < 4.78 is 45.3. The first-order valence-corrected chi connectivity index (χ1v) is 12.0. The van der Waals surface area contributed by atoms with Crippen LogP contribution in [0.3, 0.4) is 0 Å². The molecule has 1 saturated carbocycles. The lowest BCUT2D eigenvalue weighted by Crippen LogP contribution is -2.33. The second kappa shape index (κ2) is 13.5. The summed E-state index contributed by atoms with van der Waals surface area (Å²) >= 11 is 0. The number of ether oxygens (including phenoxy) is 3. The van der Waals surface area contributed by atoms with Crippen LogP contribution < -0.4 is 0 Å². The number of methoxy groups -OCH3 is 1. The van der Waals surface area contributed by atoms with E-state index in [0.29, 0.717) is 29.9 Å². The normalized spacial score (nSPS) is 29.3. The van der Waals surface area contributed by atoms with Crippen LogP contribution in [0.1, 0.15) is 91.4 Å². The zero-order valence-corrected chi connectivity index (χ0v) is 19.5. The van der Waals surface area contributed by atoms with Crippen molar-refractivity contribution < 1.29 is 23.0 Å². The van der Waals surface area contributed by atoms with E-state index in [1.807, 2.05) is 6.92 Å². The monoisotopic (exact) mass is 428 g/mol. The molecule has 2 atom stereocenters. The molecule has 1 aliphatic carbocycles. The van der Waals surface area contributed by atoms with Gasteiger partial charge in [-0.2, -0.15) is 0 Å². The molecule has 2 unspecified atom stereocenters. The van der Waals surface area contributed by atoms with Gasteiger partial charge in [-0.3, -0.25) is 0 Å². The van der Waals surface area contributed by atoms with E-state index < -0.39 is 11.7 Å². The third-order valence-electron chi connectivity index (χ3n) is 6.96. The summed E-state index contributed by atoms with van der Waals surface area (Å²) in [6.07, 6.45) is 12.9. The highest BCUT2D eigenvalue weighted by Crippen LogP contribution is 2.37. The SMILES string of the molecule is CCCCCC1CCC(C2CCC(OC/C(CC)=C(F)/C(F)=C(\C)OC)CC2)CO1. The molecule has 1 heterocycles. The van der Waals surface area contributed by atoms with Gasteiger partial charge in [0, 0.05) is 0 Å². The Kier molecular flexibility index (Phi) is 11.4. The molecular weight excluding hydrogens is 386 g/mol. The average Bonchev–Trinajstić information content (AvgIpc) is 2.79. The van der Waals surface area contributed by atoms with E-state index in [-0.39, 0.29) is 18.5 Å². The Balaban J connectivity index is 1.73. The van der Waals surface area contributed by atoms with Crippen LogP contribution in [-0.2, 0) is 14.2 Å². The van der Waals surface area contributed by atoms with E-state index in [4.69, 9.17) is 14.2 Å². The second-order valence-corrected chi connectivity index (χ2v) is 8.98. The van der Waals surface area contributed by atoms with Crippen molar-refractivity contribution in [2.75, 3.05) is 20.3 Å². The van der Waals surface area contributed by atoms with E-state index in [1.54, 1.807) is 0 Å². The van der Waals surface area contributed by atoms with Gasteiger partial charge in [0.15, 0.2) is 11.7 Å². The van der Waals surface area contributed by atoms with E-state index in [1.165, 1.54) is 52.6 Å². The van der Waals surface area contributed by atoms with Crippen LogP contribution in [0.25, 0.3) is 0 Å². The maximum Gasteiger partial charge on any atom is 0.196 e. The van der Waals surface area contributed by atoms with Gasteiger partial charge in [0.25, 0.3) is 0 Å². The Labute approximate surface area is 182 Å². The minimum atomic E-state index is -0.924. The molecule has 174 valence electrons. The number of hydrogen-bond donors (Lipinski definition) is 0. The quantitative estimate of drug-likeness (QED) is 0.195. The average molecular weight is 429 g/mol. The van der Waals surface area contributed by atoms with Crippen LogP contribution in [0.4, 0.5) is 8.78 Å². The molecule has 30 heavy (non-hydrogen) atoms. The van der Waals surface area contributed by atoms with Crippen LogP contribution in [0, 0.1) is 11.8 Å². The van der Waals surface area contributed by atoms with Gasteiger partial charge < -0.3 is 14.2 Å². The Morgan fingerprint density at radius 2 is 1.63 bits per heavy atom. The van der Waals surface area contributed by atoms with Crippen molar-refractivity contribution in [3.05, 3.63) is 23.0 Å². The molecule has 2 fully saturated rings. The molecule has 2 rings (SSSR count).